The molecule has 1 aliphatic rings. The number of β-amino-alcohol motifs (C(OH)–C–C–N with tert-alkyl or cyclic N) is 1. The molecule has 7 heteroatoms. The first kappa shape index (κ1) is 17.5. The lowest BCUT2D eigenvalue weighted by molar-refractivity contribution is -0.137. The topological polar surface area (TPSA) is 48.4 Å². The molecule has 2 aromatic rings. The summed E-state index contributed by atoms with van der Waals surface area (Å²) in [5.74, 6) is 0.579. The Bertz CT molecular complexity index is 749. The van der Waals surface area contributed by atoms with Crippen LogP contribution >= 0.6 is 0 Å². The molecular weight excluding hydrogens is 331 g/mol. The van der Waals surface area contributed by atoms with Gasteiger partial charge in [-0.15, -0.1) is 0 Å². The second-order valence-electron chi connectivity index (χ2n) is 6.05. The highest BCUT2D eigenvalue weighted by Gasteiger charge is 2.30. The van der Waals surface area contributed by atoms with Crippen molar-refractivity contribution in [2.45, 2.75) is 25.6 Å². The van der Waals surface area contributed by atoms with E-state index < -0.39 is 17.8 Å². The normalized spacial score (nSPS) is 18.1. The quantitative estimate of drug-likeness (QED) is 0.865. The summed E-state index contributed by atoms with van der Waals surface area (Å²) >= 11 is 0. The lowest BCUT2D eigenvalue weighted by Gasteiger charge is -2.29. The van der Waals surface area contributed by atoms with Crippen LogP contribution in [0.4, 0.5) is 24.7 Å². The van der Waals surface area contributed by atoms with Crippen LogP contribution in [0.5, 0.6) is 0 Å². The van der Waals surface area contributed by atoms with Gasteiger partial charge in [-0.25, -0.2) is 4.98 Å². The number of nitrogens with one attached hydrogen (secondary N) is 1. The van der Waals surface area contributed by atoms with Gasteiger partial charge in [0.15, 0.2) is 0 Å². The number of hydrogen-bond acceptors (Lipinski definition) is 4. The number of aromatic nitrogens is 1. The van der Waals surface area contributed by atoms with Crippen LogP contribution < -0.4 is 10.2 Å². The number of aliphatic hydroxyl groups excluding tert-OH is 1. The molecule has 1 aromatic heterocycles. The molecule has 0 spiro atoms. The zero-order valence-electron chi connectivity index (χ0n) is 13.8. The lowest BCUT2D eigenvalue weighted by Crippen LogP contribution is -2.33. The van der Waals surface area contributed by atoms with Crippen LogP contribution in [0.25, 0.3) is 11.3 Å². The molecule has 2 heterocycles. The van der Waals surface area contributed by atoms with Gasteiger partial charge in [0.05, 0.1) is 23.0 Å². The number of fused-ring (bicyclic) bond motifs is 1. The van der Waals surface area contributed by atoms with Gasteiger partial charge in [0.25, 0.3) is 0 Å². The number of aliphatic hydroxyl groups is 1. The molecule has 3 rings (SSSR count). The Morgan fingerprint density at radius 2 is 2.08 bits per heavy atom. The maximum absolute atomic E-state index is 12.9. The van der Waals surface area contributed by atoms with E-state index in [1.165, 1.54) is 6.07 Å². The molecule has 0 saturated carbocycles. The number of pyridine rings is 1. The molecule has 0 unspecified atom stereocenters. The molecule has 0 fully saturated rings. The number of anilines is 2. The minimum atomic E-state index is -4.39. The average Bonchev–Trinajstić information content (AvgIpc) is 2.59. The summed E-state index contributed by atoms with van der Waals surface area (Å²) in [7, 11) is 0. The van der Waals surface area contributed by atoms with Crippen molar-refractivity contribution in [1.29, 1.82) is 0 Å². The fraction of sp³-hybridized carbons (Fsp3) is 0.389. The number of halogens is 3. The van der Waals surface area contributed by atoms with E-state index in [0.29, 0.717) is 36.6 Å². The minimum Gasteiger partial charge on any atom is -0.391 e. The Labute approximate surface area is 144 Å². The summed E-state index contributed by atoms with van der Waals surface area (Å²) in [4.78, 5) is 6.60. The van der Waals surface area contributed by atoms with Gasteiger partial charge in [-0.05, 0) is 37.6 Å². The zero-order chi connectivity index (χ0) is 18.0. The molecule has 1 aromatic carbocycles. The molecule has 0 aliphatic carbocycles. The summed E-state index contributed by atoms with van der Waals surface area (Å²) in [6.45, 7) is 3.84. The van der Waals surface area contributed by atoms with Crippen molar-refractivity contribution in [3.63, 3.8) is 0 Å². The van der Waals surface area contributed by atoms with E-state index in [9.17, 15) is 18.3 Å². The Morgan fingerprint density at radius 3 is 2.80 bits per heavy atom. The Kier molecular flexibility index (Phi) is 4.85. The highest BCUT2D eigenvalue weighted by Crippen LogP contribution is 2.34. The summed E-state index contributed by atoms with van der Waals surface area (Å²) in [6.07, 6.45) is -4.22. The molecule has 0 radical (unpaired) electrons. The van der Waals surface area contributed by atoms with E-state index >= 15 is 0 Å². The van der Waals surface area contributed by atoms with Crippen LogP contribution in [-0.2, 0) is 6.18 Å². The second kappa shape index (κ2) is 6.92. The molecule has 0 amide bonds. The molecule has 4 nitrogen and oxygen atoms in total. The molecule has 0 bridgehead atoms. The summed E-state index contributed by atoms with van der Waals surface area (Å²) in [5.41, 5.74) is 1.07. The summed E-state index contributed by atoms with van der Waals surface area (Å²) in [5, 5.41) is 13.0. The maximum atomic E-state index is 12.9. The van der Waals surface area contributed by atoms with Gasteiger partial charge in [0.2, 0.25) is 0 Å². The Balaban J connectivity index is 2.00. The van der Waals surface area contributed by atoms with Crippen molar-refractivity contribution < 1.29 is 18.3 Å². The molecule has 0 saturated heterocycles. The van der Waals surface area contributed by atoms with Crippen molar-refractivity contribution in [3.8, 4) is 11.3 Å². The SMILES string of the molecule is CCN1CC[C@@H](O)CNc2nc(-c3cccc(C(F)(F)F)c3)ccc21. The molecular formula is C18H20F3N3O. The van der Waals surface area contributed by atoms with Crippen LogP contribution in [0, 0.1) is 0 Å². The van der Waals surface area contributed by atoms with Crippen molar-refractivity contribution >= 4 is 11.5 Å². The van der Waals surface area contributed by atoms with Crippen molar-refractivity contribution in [3.05, 3.63) is 42.0 Å². The average molecular weight is 351 g/mol. The first-order valence-electron chi connectivity index (χ1n) is 8.24. The van der Waals surface area contributed by atoms with E-state index in [2.05, 4.69) is 15.2 Å². The van der Waals surface area contributed by atoms with Gasteiger partial charge in [0, 0.05) is 25.2 Å². The van der Waals surface area contributed by atoms with E-state index in [0.717, 1.165) is 24.4 Å². The monoisotopic (exact) mass is 351 g/mol. The van der Waals surface area contributed by atoms with Crippen molar-refractivity contribution in [2.24, 2.45) is 0 Å². The Hall–Kier alpha value is -2.28. The predicted molar refractivity (Wildman–Crippen MR) is 91.7 cm³/mol. The number of benzene rings is 1. The van der Waals surface area contributed by atoms with E-state index in [1.807, 2.05) is 13.0 Å². The third-order valence-corrected chi connectivity index (χ3v) is 4.32. The van der Waals surface area contributed by atoms with Crippen LogP contribution in [-0.4, -0.2) is 35.8 Å². The third-order valence-electron chi connectivity index (χ3n) is 4.32. The number of hydrogen-bond donors (Lipinski definition) is 2. The van der Waals surface area contributed by atoms with E-state index in [-0.39, 0.29) is 0 Å². The highest BCUT2D eigenvalue weighted by molar-refractivity contribution is 5.72. The van der Waals surface area contributed by atoms with Gasteiger partial charge in [0.1, 0.15) is 5.82 Å². The smallest absolute Gasteiger partial charge is 0.391 e. The fourth-order valence-corrected chi connectivity index (χ4v) is 2.92. The third kappa shape index (κ3) is 3.87. The predicted octanol–water partition coefficient (Wildman–Crippen LogP) is 3.77. The molecule has 2 N–H and O–H groups in total. The Morgan fingerprint density at radius 1 is 1.28 bits per heavy atom. The number of alkyl halides is 3. The van der Waals surface area contributed by atoms with Crippen LogP contribution in [0.1, 0.15) is 18.9 Å². The van der Waals surface area contributed by atoms with Gasteiger partial charge in [-0.1, -0.05) is 12.1 Å². The second-order valence-corrected chi connectivity index (χ2v) is 6.05. The maximum Gasteiger partial charge on any atom is 0.416 e. The van der Waals surface area contributed by atoms with Crippen LogP contribution in [0.3, 0.4) is 0 Å². The first-order chi connectivity index (χ1) is 11.9. The zero-order valence-corrected chi connectivity index (χ0v) is 13.8. The highest BCUT2D eigenvalue weighted by atomic mass is 19.4. The number of rotatable bonds is 2. The molecule has 25 heavy (non-hydrogen) atoms. The summed E-state index contributed by atoms with van der Waals surface area (Å²) in [6, 6.07) is 8.74. The van der Waals surface area contributed by atoms with Gasteiger partial charge in [-0.2, -0.15) is 13.2 Å². The van der Waals surface area contributed by atoms with Gasteiger partial charge in [-0.3, -0.25) is 0 Å². The standard InChI is InChI=1S/C18H20F3N3O/c1-2-24-9-8-14(25)11-22-17-16(24)7-6-15(23-17)12-4-3-5-13(10-12)18(19,20)21/h3-7,10,14,25H,2,8-9,11H2,1H3,(H,22,23)/t14-/m1/s1. The number of nitrogens with zero attached hydrogens (tertiary/aromatic N) is 2. The largest absolute Gasteiger partial charge is 0.416 e. The first-order valence-corrected chi connectivity index (χ1v) is 8.24. The minimum absolute atomic E-state index is 0.365. The van der Waals surface area contributed by atoms with Gasteiger partial charge < -0.3 is 15.3 Å². The van der Waals surface area contributed by atoms with Gasteiger partial charge >= 0.3 is 6.18 Å². The van der Waals surface area contributed by atoms with Crippen molar-refractivity contribution in [2.75, 3.05) is 29.9 Å². The fourth-order valence-electron chi connectivity index (χ4n) is 2.92. The molecule has 1 atom stereocenters. The molecule has 134 valence electrons. The lowest BCUT2D eigenvalue weighted by atomic mass is 10.1. The van der Waals surface area contributed by atoms with E-state index in [4.69, 9.17) is 0 Å². The van der Waals surface area contributed by atoms with Crippen molar-refractivity contribution in [1.82, 2.24) is 4.98 Å². The van der Waals surface area contributed by atoms with E-state index in [1.54, 1.807) is 12.1 Å². The summed E-state index contributed by atoms with van der Waals surface area (Å²) < 4.78 is 38.8. The van der Waals surface area contributed by atoms with Crippen LogP contribution in [0.15, 0.2) is 36.4 Å². The molecule has 1 aliphatic heterocycles. The van der Waals surface area contributed by atoms with Crippen LogP contribution in [0.2, 0.25) is 0 Å².